The van der Waals surface area contributed by atoms with E-state index in [9.17, 15) is 9.90 Å². The average molecular weight is 960 g/mol. The van der Waals surface area contributed by atoms with Gasteiger partial charge in [-0.1, -0.05) is 112 Å². The lowest BCUT2D eigenvalue weighted by molar-refractivity contribution is -0.116. The van der Waals surface area contributed by atoms with E-state index in [0.717, 1.165) is 104 Å². The van der Waals surface area contributed by atoms with Crippen molar-refractivity contribution in [3.8, 4) is 16.9 Å². The van der Waals surface area contributed by atoms with Crippen molar-refractivity contribution in [3.05, 3.63) is 174 Å². The van der Waals surface area contributed by atoms with Crippen molar-refractivity contribution in [3.63, 3.8) is 0 Å². The average Bonchev–Trinajstić information content (AvgIpc) is 4.10. The number of hydrogen-bond acceptors (Lipinski definition) is 11. The molecule has 6 N–H and O–H groups in total. The molecule has 0 aliphatic heterocycles. The molecule has 71 heavy (non-hydrogen) atoms. The van der Waals surface area contributed by atoms with Crippen LogP contribution in [0.25, 0.3) is 11.1 Å². The van der Waals surface area contributed by atoms with Gasteiger partial charge in [0.25, 0.3) is 0 Å². The summed E-state index contributed by atoms with van der Waals surface area (Å²) in [6.45, 7) is 9.96. The number of aromatic nitrogens is 6. The van der Waals surface area contributed by atoms with Crippen LogP contribution in [0.4, 0.5) is 11.6 Å². The zero-order valence-corrected chi connectivity index (χ0v) is 41.7. The number of imidazole rings is 2. The second-order valence-corrected chi connectivity index (χ2v) is 18.3. The summed E-state index contributed by atoms with van der Waals surface area (Å²) in [6.07, 6.45) is 15.7. The van der Waals surface area contributed by atoms with Crippen LogP contribution >= 0.6 is 0 Å². The van der Waals surface area contributed by atoms with Gasteiger partial charge >= 0.3 is 0 Å². The van der Waals surface area contributed by atoms with Gasteiger partial charge in [0.05, 0.1) is 31.1 Å². The van der Waals surface area contributed by atoms with Crippen LogP contribution in [0, 0.1) is 0 Å². The van der Waals surface area contributed by atoms with Crippen molar-refractivity contribution in [2.24, 2.45) is 0 Å². The Kier molecular flexibility index (Phi) is 21.2. The molecule has 7 rings (SSSR count). The van der Waals surface area contributed by atoms with Gasteiger partial charge in [-0.25, -0.2) is 19.9 Å². The second kappa shape index (κ2) is 28.8. The monoisotopic (exact) mass is 960 g/mol. The van der Waals surface area contributed by atoms with Gasteiger partial charge in [-0.15, -0.1) is 0 Å². The third-order valence-corrected chi connectivity index (χ3v) is 12.2. The molecule has 0 radical (unpaired) electrons. The smallest absolute Gasteiger partial charge is 0.225 e. The number of nitrogens with one attached hydrogen (secondary N) is 5. The number of amides is 1. The maximum atomic E-state index is 12.7. The maximum Gasteiger partial charge on any atom is 0.225 e. The predicted molar refractivity (Wildman–Crippen MR) is 283 cm³/mol. The zero-order chi connectivity index (χ0) is 49.3. The van der Waals surface area contributed by atoms with E-state index < -0.39 is 6.23 Å². The highest BCUT2D eigenvalue weighted by Gasteiger charge is 2.17. The molecule has 0 saturated carbocycles. The van der Waals surface area contributed by atoms with Crippen LogP contribution in [0.2, 0.25) is 0 Å². The highest BCUT2D eigenvalue weighted by Crippen LogP contribution is 2.25. The van der Waals surface area contributed by atoms with Crippen molar-refractivity contribution in [1.29, 1.82) is 0 Å². The van der Waals surface area contributed by atoms with E-state index in [1.807, 2.05) is 54.9 Å². The summed E-state index contributed by atoms with van der Waals surface area (Å²) in [7, 11) is 0. The lowest BCUT2D eigenvalue weighted by Gasteiger charge is -2.24. The minimum absolute atomic E-state index is 0.0148. The van der Waals surface area contributed by atoms with Gasteiger partial charge < -0.3 is 35.8 Å². The molecule has 0 aliphatic carbocycles. The lowest BCUT2D eigenvalue weighted by atomic mass is 10.0. The fourth-order valence-corrected chi connectivity index (χ4v) is 8.57. The number of carbonyl (C=O) groups excluding carboxylic acids is 1. The Hall–Kier alpha value is -6.71. The summed E-state index contributed by atoms with van der Waals surface area (Å²) in [4.78, 5) is 42.9. The molecule has 7 aromatic rings. The highest BCUT2D eigenvalue weighted by atomic mass is 16.5. The molecule has 374 valence electrons. The third-order valence-electron chi connectivity index (χ3n) is 12.2. The number of anilines is 2. The van der Waals surface area contributed by atoms with Gasteiger partial charge in [-0.2, -0.15) is 0 Å². The first-order valence-corrected chi connectivity index (χ1v) is 25.6. The quantitative estimate of drug-likeness (QED) is 0.0175. The van der Waals surface area contributed by atoms with E-state index in [1.54, 1.807) is 12.4 Å². The summed E-state index contributed by atoms with van der Waals surface area (Å²) in [5.74, 6) is 3.71. The highest BCUT2D eigenvalue weighted by molar-refractivity contribution is 5.89. The Morgan fingerprint density at radius 2 is 1.25 bits per heavy atom. The van der Waals surface area contributed by atoms with E-state index in [-0.39, 0.29) is 5.91 Å². The normalized spacial score (nSPS) is 11.8. The first-order valence-electron chi connectivity index (χ1n) is 25.6. The van der Waals surface area contributed by atoms with Gasteiger partial charge in [-0.05, 0) is 103 Å². The van der Waals surface area contributed by atoms with Gasteiger partial charge in [-0.3, -0.25) is 14.6 Å². The maximum absolute atomic E-state index is 12.7. The molecule has 0 aliphatic rings. The minimum atomic E-state index is -0.655. The SMILES string of the molecule is CCCCCC(=O)Nc1cccc(CN(Cc2cc(CN(Cc3cccc(NC(O)CCCCC)n3)Cc3ncc[nH]3)cc(OCCCCNCc3ccc(-c4ccccc4)cc3)c2)Cc2ncc[nH]2)n1. The van der Waals surface area contributed by atoms with Crippen molar-refractivity contribution < 1.29 is 14.6 Å². The van der Waals surface area contributed by atoms with Gasteiger partial charge in [0.1, 0.15) is 35.3 Å². The molecule has 0 fully saturated rings. The Balaban J connectivity index is 1.06. The van der Waals surface area contributed by atoms with E-state index in [0.29, 0.717) is 70.4 Å². The summed E-state index contributed by atoms with van der Waals surface area (Å²) < 4.78 is 6.60. The summed E-state index contributed by atoms with van der Waals surface area (Å²) in [6, 6.07) is 37.5. The van der Waals surface area contributed by atoms with Crippen LogP contribution in [-0.2, 0) is 50.6 Å². The van der Waals surface area contributed by atoms with Crippen molar-refractivity contribution in [2.75, 3.05) is 23.8 Å². The molecule has 3 aromatic carbocycles. The van der Waals surface area contributed by atoms with Crippen molar-refractivity contribution in [1.82, 2.24) is 45.0 Å². The molecule has 4 heterocycles. The fourth-order valence-electron chi connectivity index (χ4n) is 8.57. The number of ether oxygens (including phenoxy) is 1. The summed E-state index contributed by atoms with van der Waals surface area (Å²) in [5, 5.41) is 20.5. The zero-order valence-electron chi connectivity index (χ0n) is 41.7. The second-order valence-electron chi connectivity index (χ2n) is 18.3. The molecule has 4 aromatic heterocycles. The standard InChI is InChI=1S/C57H73N11O3/c1-3-5-8-22-56(69)65-52-20-14-18-49(63-52)40-67(42-54-59-29-30-60-54)38-45-34-46(36-51(35-45)71-33-13-12-28-58-37-44-24-26-48(27-25-44)47-16-10-7-11-17-47)39-68(43-55-61-31-32-62-55)41-50-19-15-21-53(64-50)66-57(70)23-9-6-4-2/h7,10-11,14-21,24-27,29-32,34-36,56,58,69H,3-6,8-9,12-13,22-23,28,33,37-43H2,1-2H3,(H,59,60)(H,61,62)(H,63,65)(H,64,66,70). The number of aliphatic hydroxyl groups is 1. The summed E-state index contributed by atoms with van der Waals surface area (Å²) >= 11 is 0. The number of rotatable bonds is 32. The number of aromatic amines is 2. The minimum Gasteiger partial charge on any atom is -0.494 e. The van der Waals surface area contributed by atoms with Gasteiger partial charge in [0.2, 0.25) is 5.91 Å². The first kappa shape index (κ1) is 52.1. The van der Waals surface area contributed by atoms with Gasteiger partial charge in [0.15, 0.2) is 0 Å². The molecule has 0 spiro atoms. The van der Waals surface area contributed by atoms with E-state index >= 15 is 0 Å². The third kappa shape index (κ3) is 18.5. The van der Waals surface area contributed by atoms with Crippen LogP contribution in [0.15, 0.2) is 134 Å². The molecular formula is C57H73N11O3. The molecule has 14 nitrogen and oxygen atoms in total. The number of unbranched alkanes of at least 4 members (excludes halogenated alkanes) is 5. The van der Waals surface area contributed by atoms with E-state index in [1.165, 1.54) is 16.7 Å². The topological polar surface area (TPSA) is 172 Å². The number of H-pyrrole nitrogens is 2. The molecule has 1 unspecified atom stereocenters. The number of carbonyl (C=O) groups is 1. The van der Waals surface area contributed by atoms with Crippen LogP contribution in [-0.4, -0.2) is 70.1 Å². The van der Waals surface area contributed by atoms with Crippen LogP contribution < -0.4 is 20.7 Å². The summed E-state index contributed by atoms with van der Waals surface area (Å²) in [5.41, 5.74) is 7.61. The van der Waals surface area contributed by atoms with E-state index in [2.05, 4.69) is 126 Å². The largest absolute Gasteiger partial charge is 0.494 e. The molecular weight excluding hydrogens is 887 g/mol. The molecule has 1 atom stereocenters. The first-order chi connectivity index (χ1) is 34.9. The van der Waals surface area contributed by atoms with Crippen LogP contribution in [0.5, 0.6) is 5.75 Å². The Morgan fingerprint density at radius 3 is 1.89 bits per heavy atom. The molecule has 0 bridgehead atoms. The Bertz CT molecular complexity index is 2570. The number of hydrogen-bond donors (Lipinski definition) is 6. The van der Waals surface area contributed by atoms with E-state index in [4.69, 9.17) is 14.7 Å². The van der Waals surface area contributed by atoms with Crippen LogP contribution in [0.1, 0.15) is 118 Å². The van der Waals surface area contributed by atoms with Crippen LogP contribution in [0.3, 0.4) is 0 Å². The molecule has 14 heteroatoms. The number of nitrogens with zero attached hydrogens (tertiary/aromatic N) is 6. The van der Waals surface area contributed by atoms with Gasteiger partial charge in [0, 0.05) is 63.9 Å². The van der Waals surface area contributed by atoms with Crippen molar-refractivity contribution >= 4 is 17.5 Å². The molecule has 1 amide bonds. The number of aliphatic hydroxyl groups excluding tert-OH is 1. The predicted octanol–water partition coefficient (Wildman–Crippen LogP) is 10.8. The Labute approximate surface area is 420 Å². The number of pyridine rings is 2. The van der Waals surface area contributed by atoms with Crippen molar-refractivity contribution in [2.45, 2.75) is 130 Å². The number of benzene rings is 3. The lowest BCUT2D eigenvalue weighted by Crippen LogP contribution is -2.25. The molecule has 0 saturated heterocycles. The fraction of sp³-hybridized carbons (Fsp3) is 0.386. The Morgan fingerprint density at radius 1 is 0.634 bits per heavy atom.